The Morgan fingerprint density at radius 2 is 1.54 bits per heavy atom. The minimum Gasteiger partial charge on any atom is -0.497 e. The maximum atomic E-state index is 14.9. The van der Waals surface area contributed by atoms with E-state index in [2.05, 4.69) is 16.0 Å². The molecular formula is C54H83N7O15. The van der Waals surface area contributed by atoms with E-state index in [0.717, 1.165) is 0 Å². The van der Waals surface area contributed by atoms with E-state index >= 15 is 0 Å². The highest BCUT2D eigenvalue weighted by Gasteiger charge is 2.45. The SMILES string of the molecule is CC[C@H](C)C1NC(=O)C(NC(=O)[C@@H](CC(C)C)N(C)C(=O)[C@@H]2CCCN2C(=O)[C@H](C)O)[C@@H](C)OC(=O)C(Cc2ccc(OC)cc2)N(C)C(=O)[C@@H]2CCCN2C(=O)C(CC(C)C)NC(=O)[C@@H](C)C(=O)COC(=O)C[C@@H]1O. The van der Waals surface area contributed by atoms with Crippen LogP contribution in [0.3, 0.4) is 0 Å². The Bertz CT molecular complexity index is 2240. The highest BCUT2D eigenvalue weighted by Crippen LogP contribution is 2.27. The molecule has 22 nitrogen and oxygen atoms in total. The van der Waals surface area contributed by atoms with Crippen molar-refractivity contribution in [1.29, 1.82) is 0 Å². The number of amides is 7. The molecule has 1 aromatic rings. The number of likely N-dealkylation sites (N-methyl/N-ethyl adjacent to an activating group) is 2. The fraction of sp³-hybridized carbons (Fsp3) is 0.704. The van der Waals surface area contributed by atoms with Crippen LogP contribution in [0.25, 0.3) is 0 Å². The highest BCUT2D eigenvalue weighted by molar-refractivity contribution is 6.04. The number of esters is 2. The zero-order chi connectivity index (χ0) is 56.9. The number of aliphatic hydroxyl groups is 2. The Kier molecular flexibility index (Phi) is 23.2. The first-order chi connectivity index (χ1) is 35.7. The molecular weight excluding hydrogens is 987 g/mol. The van der Waals surface area contributed by atoms with Crippen LogP contribution in [0.1, 0.15) is 119 Å². The van der Waals surface area contributed by atoms with Crippen molar-refractivity contribution in [3.05, 3.63) is 29.8 Å². The number of nitrogens with one attached hydrogen (secondary N) is 3. The van der Waals surface area contributed by atoms with Crippen molar-refractivity contribution < 1.29 is 72.4 Å². The summed E-state index contributed by atoms with van der Waals surface area (Å²) in [5.41, 5.74) is 0.571. The summed E-state index contributed by atoms with van der Waals surface area (Å²) in [4.78, 5) is 146. The van der Waals surface area contributed by atoms with Gasteiger partial charge in [-0.1, -0.05) is 60.1 Å². The van der Waals surface area contributed by atoms with E-state index in [0.29, 0.717) is 30.6 Å². The number of aliphatic hydroxyl groups excluding tert-OH is 2. The van der Waals surface area contributed by atoms with Crippen molar-refractivity contribution >= 4 is 59.1 Å². The molecule has 3 aliphatic heterocycles. The van der Waals surface area contributed by atoms with Gasteiger partial charge in [-0.2, -0.15) is 0 Å². The summed E-state index contributed by atoms with van der Waals surface area (Å²) < 4.78 is 16.7. The zero-order valence-corrected chi connectivity index (χ0v) is 46.4. The maximum absolute atomic E-state index is 14.9. The fourth-order valence-electron chi connectivity index (χ4n) is 9.91. The van der Waals surface area contributed by atoms with Gasteiger partial charge in [0.2, 0.25) is 35.4 Å². The van der Waals surface area contributed by atoms with Crippen molar-refractivity contribution in [1.82, 2.24) is 35.6 Å². The molecule has 424 valence electrons. The number of nitrogens with zero attached hydrogens (tertiary/aromatic N) is 4. The third kappa shape index (κ3) is 16.2. The average Bonchev–Trinajstić information content (AvgIpc) is 4.08. The minimum atomic E-state index is -1.76. The first-order valence-corrected chi connectivity index (χ1v) is 26.7. The second kappa shape index (κ2) is 28.3. The molecule has 22 heteroatoms. The molecule has 5 N–H and O–H groups in total. The van der Waals surface area contributed by atoms with E-state index in [9.17, 15) is 58.2 Å². The molecule has 0 aliphatic carbocycles. The van der Waals surface area contributed by atoms with Crippen LogP contribution in [-0.2, 0) is 63.8 Å². The summed E-state index contributed by atoms with van der Waals surface area (Å²) in [5.74, 6) is -9.61. The van der Waals surface area contributed by atoms with Gasteiger partial charge in [0.25, 0.3) is 5.91 Å². The number of Topliss-reactive ketones (excluding diaryl/α,β-unsaturated/α-hetero) is 1. The number of cyclic esters (lactones) is 2. The average molecular weight is 1070 g/mol. The van der Waals surface area contributed by atoms with Gasteiger partial charge in [0.05, 0.1) is 31.6 Å². The second-order valence-corrected chi connectivity index (χ2v) is 21.5. The van der Waals surface area contributed by atoms with E-state index in [1.54, 1.807) is 38.1 Å². The molecule has 3 saturated heterocycles. The number of carbonyl (C=O) groups is 10. The number of methoxy groups -OCH3 is 1. The predicted molar refractivity (Wildman–Crippen MR) is 276 cm³/mol. The van der Waals surface area contributed by atoms with Crippen molar-refractivity contribution in [3.63, 3.8) is 0 Å². The summed E-state index contributed by atoms with van der Waals surface area (Å²) in [6, 6.07) is -2.13. The molecule has 0 bridgehead atoms. The number of hydrogen-bond acceptors (Lipinski definition) is 15. The van der Waals surface area contributed by atoms with Gasteiger partial charge in [-0.05, 0) is 94.7 Å². The molecule has 4 unspecified atom stereocenters. The Balaban J connectivity index is 1.85. The summed E-state index contributed by atoms with van der Waals surface area (Å²) in [6.45, 7) is 14.2. The van der Waals surface area contributed by atoms with Crippen molar-refractivity contribution in [2.45, 2.75) is 181 Å². The van der Waals surface area contributed by atoms with Crippen LogP contribution in [-0.4, -0.2) is 190 Å². The summed E-state index contributed by atoms with van der Waals surface area (Å²) in [5, 5.41) is 29.9. The standard InChI is InChI=1S/C54H83N7O15/c1-13-31(6)45-42(63)27-44(65)75-28-43(64)32(7)47(66)55-37(24-29(2)3)51(70)61-23-15-17-39(61)53(72)59(11)41(26-35-18-20-36(74-12)21-19-35)54(73)76-34(9)46(49(68)56-45)57-48(67)40(25-30(4)5)58(10)52(71)38-16-14-22-60(38)50(69)33(8)62/h18-21,29-34,37-42,45-46,62-63H,13-17,22-28H2,1-12H3,(H,55,66)(H,56,68)(H,57,67)/t31-,32-,33-,34+,37?,38-,39-,40+,41?,42-,45?,46?/m0/s1. The van der Waals surface area contributed by atoms with Crippen molar-refractivity contribution in [3.8, 4) is 5.75 Å². The number of fused-ring (bicyclic) bond motifs is 1. The monoisotopic (exact) mass is 1070 g/mol. The first-order valence-electron chi connectivity index (χ1n) is 26.7. The smallest absolute Gasteiger partial charge is 0.329 e. The molecule has 0 spiro atoms. The quantitative estimate of drug-likeness (QED) is 0.130. The number of carbonyl (C=O) groups excluding carboxylic acids is 10. The van der Waals surface area contributed by atoms with Crippen LogP contribution in [0, 0.1) is 23.7 Å². The first kappa shape index (κ1) is 62.4. The zero-order valence-electron chi connectivity index (χ0n) is 46.4. The van der Waals surface area contributed by atoms with E-state index in [4.69, 9.17) is 14.2 Å². The number of likely N-dealkylation sites (tertiary alicyclic amines) is 1. The van der Waals surface area contributed by atoms with Crippen LogP contribution in [0.5, 0.6) is 5.75 Å². The lowest BCUT2D eigenvalue weighted by atomic mass is 9.92. The molecule has 1 aromatic carbocycles. The largest absolute Gasteiger partial charge is 0.497 e. The van der Waals surface area contributed by atoms with Gasteiger partial charge in [-0.3, -0.25) is 43.2 Å². The molecule has 0 aromatic heterocycles. The normalized spacial score (nSPS) is 27.2. The number of ether oxygens (including phenoxy) is 3. The molecule has 3 heterocycles. The summed E-state index contributed by atoms with van der Waals surface area (Å²) in [7, 11) is 4.28. The highest BCUT2D eigenvalue weighted by atomic mass is 16.5. The van der Waals surface area contributed by atoms with Gasteiger partial charge in [0.15, 0.2) is 12.4 Å². The lowest BCUT2D eigenvalue weighted by Crippen LogP contribution is -2.62. The Morgan fingerprint density at radius 1 is 0.895 bits per heavy atom. The molecule has 12 atom stereocenters. The summed E-state index contributed by atoms with van der Waals surface area (Å²) in [6.07, 6.45) is -3.46. The third-order valence-corrected chi connectivity index (χ3v) is 14.8. The van der Waals surface area contributed by atoms with Crippen LogP contribution < -0.4 is 20.7 Å². The van der Waals surface area contributed by atoms with Crippen LogP contribution in [0.4, 0.5) is 0 Å². The van der Waals surface area contributed by atoms with Gasteiger partial charge >= 0.3 is 11.9 Å². The number of hydrogen-bond donors (Lipinski definition) is 5. The maximum Gasteiger partial charge on any atom is 0.329 e. The second-order valence-electron chi connectivity index (χ2n) is 21.5. The Morgan fingerprint density at radius 3 is 2.13 bits per heavy atom. The van der Waals surface area contributed by atoms with E-state index < -0.39 is 145 Å². The fourth-order valence-corrected chi connectivity index (χ4v) is 9.91. The van der Waals surface area contributed by atoms with E-state index in [1.807, 2.05) is 27.7 Å². The number of rotatable bonds is 14. The molecule has 7 amide bonds. The molecule has 3 fully saturated rings. The van der Waals surface area contributed by atoms with Crippen molar-refractivity contribution in [2.75, 3.05) is 40.9 Å². The summed E-state index contributed by atoms with van der Waals surface area (Å²) >= 11 is 0. The van der Waals surface area contributed by atoms with E-state index in [-0.39, 0.29) is 57.0 Å². The molecule has 0 radical (unpaired) electrons. The van der Waals surface area contributed by atoms with Gasteiger partial charge in [-0.15, -0.1) is 0 Å². The Hall–Kier alpha value is -6.16. The number of ketones is 1. The van der Waals surface area contributed by atoms with Gasteiger partial charge in [0.1, 0.15) is 54.2 Å². The number of benzene rings is 1. The Labute approximate surface area is 446 Å². The molecule has 4 rings (SSSR count). The topological polar surface area (TPSA) is 288 Å². The molecule has 0 saturated carbocycles. The van der Waals surface area contributed by atoms with Crippen LogP contribution in [0.15, 0.2) is 24.3 Å². The predicted octanol–water partition coefficient (Wildman–Crippen LogP) is 1.29. The lowest BCUT2D eigenvalue weighted by Gasteiger charge is -2.36. The van der Waals surface area contributed by atoms with Crippen molar-refractivity contribution in [2.24, 2.45) is 23.7 Å². The van der Waals surface area contributed by atoms with Crippen LogP contribution >= 0.6 is 0 Å². The van der Waals surface area contributed by atoms with Gasteiger partial charge in [0, 0.05) is 33.6 Å². The molecule has 3 aliphatic rings. The lowest BCUT2D eigenvalue weighted by molar-refractivity contribution is -0.162. The van der Waals surface area contributed by atoms with Crippen LogP contribution in [0.2, 0.25) is 0 Å². The third-order valence-electron chi connectivity index (χ3n) is 14.8. The van der Waals surface area contributed by atoms with E-state index in [1.165, 1.54) is 61.6 Å². The van der Waals surface area contributed by atoms with Gasteiger partial charge in [-0.25, -0.2) is 4.79 Å². The van der Waals surface area contributed by atoms with Gasteiger partial charge < -0.3 is 60.0 Å². The minimum absolute atomic E-state index is 0.0746. The molecule has 76 heavy (non-hydrogen) atoms.